The highest BCUT2D eigenvalue weighted by atomic mass is 32.2. The topological polar surface area (TPSA) is 92.5 Å². The zero-order chi connectivity index (χ0) is 13.8. The van der Waals surface area contributed by atoms with Gasteiger partial charge in [-0.2, -0.15) is 0 Å². The molecule has 1 amide bonds. The highest BCUT2D eigenvalue weighted by Gasteiger charge is 2.26. The van der Waals surface area contributed by atoms with Crippen LogP contribution in [0.3, 0.4) is 0 Å². The molecular weight excluding hydrogens is 254 g/mol. The molecule has 7 heteroatoms. The largest absolute Gasteiger partial charge is 0.352 e. The van der Waals surface area contributed by atoms with E-state index in [0.717, 1.165) is 6.42 Å². The number of piperidine rings is 1. The number of carbonyl (C=O) groups excluding carboxylic acids is 1. The van der Waals surface area contributed by atoms with Crippen molar-refractivity contribution in [3.63, 3.8) is 0 Å². The fourth-order valence-corrected chi connectivity index (χ4v) is 2.96. The Kier molecular flexibility index (Phi) is 5.55. The van der Waals surface area contributed by atoms with Crippen molar-refractivity contribution in [3.05, 3.63) is 0 Å². The number of rotatable bonds is 5. The smallest absolute Gasteiger partial charge is 0.237 e. The fraction of sp³-hybridized carbons (Fsp3) is 0.909. The molecule has 0 radical (unpaired) electrons. The van der Waals surface area contributed by atoms with Crippen molar-refractivity contribution < 1.29 is 13.2 Å². The molecular formula is C11H23N3O3S. The van der Waals surface area contributed by atoms with Gasteiger partial charge < -0.3 is 11.1 Å². The van der Waals surface area contributed by atoms with Crippen LogP contribution in [0.2, 0.25) is 0 Å². The van der Waals surface area contributed by atoms with E-state index in [1.165, 1.54) is 10.6 Å². The first kappa shape index (κ1) is 15.4. The van der Waals surface area contributed by atoms with E-state index in [-0.39, 0.29) is 11.9 Å². The van der Waals surface area contributed by atoms with Gasteiger partial charge in [0, 0.05) is 19.1 Å². The van der Waals surface area contributed by atoms with Gasteiger partial charge in [-0.25, -0.2) is 12.7 Å². The van der Waals surface area contributed by atoms with Crippen LogP contribution in [0, 0.1) is 0 Å². The lowest BCUT2D eigenvalue weighted by molar-refractivity contribution is -0.123. The number of nitrogens with zero attached hydrogens (tertiary/aromatic N) is 1. The molecule has 1 aliphatic rings. The highest BCUT2D eigenvalue weighted by molar-refractivity contribution is 7.88. The summed E-state index contributed by atoms with van der Waals surface area (Å²) in [5.41, 5.74) is 5.72. The Balaban J connectivity index is 2.38. The maximum absolute atomic E-state index is 11.7. The van der Waals surface area contributed by atoms with Crippen LogP contribution in [0.25, 0.3) is 0 Å². The molecule has 3 N–H and O–H groups in total. The van der Waals surface area contributed by atoms with Crippen LogP contribution in [0.1, 0.15) is 32.6 Å². The van der Waals surface area contributed by atoms with Gasteiger partial charge in [-0.1, -0.05) is 13.3 Å². The number of carbonyl (C=O) groups is 1. The van der Waals surface area contributed by atoms with Crippen molar-refractivity contribution in [2.45, 2.75) is 44.7 Å². The SMILES string of the molecule is CCCC(N)C(=O)NC1CCN(S(C)(=O)=O)CC1. The lowest BCUT2D eigenvalue weighted by Crippen LogP contribution is -2.50. The van der Waals surface area contributed by atoms with Gasteiger partial charge in [0.05, 0.1) is 12.3 Å². The van der Waals surface area contributed by atoms with Crippen LogP contribution >= 0.6 is 0 Å². The monoisotopic (exact) mass is 277 g/mol. The zero-order valence-electron chi connectivity index (χ0n) is 11.1. The van der Waals surface area contributed by atoms with E-state index in [9.17, 15) is 13.2 Å². The Morgan fingerprint density at radius 2 is 2.00 bits per heavy atom. The Hall–Kier alpha value is -0.660. The molecule has 1 rings (SSSR count). The summed E-state index contributed by atoms with van der Waals surface area (Å²) in [4.78, 5) is 11.7. The van der Waals surface area contributed by atoms with Crippen molar-refractivity contribution >= 4 is 15.9 Å². The molecule has 0 aromatic rings. The van der Waals surface area contributed by atoms with Gasteiger partial charge in [0.25, 0.3) is 0 Å². The first-order chi connectivity index (χ1) is 8.34. The molecule has 0 aliphatic carbocycles. The predicted octanol–water partition coefficient (Wildman–Crippen LogP) is -0.346. The number of nitrogens with two attached hydrogens (primary N) is 1. The molecule has 0 aromatic heterocycles. The van der Waals surface area contributed by atoms with E-state index < -0.39 is 16.1 Å². The lowest BCUT2D eigenvalue weighted by Gasteiger charge is -2.31. The maximum atomic E-state index is 11.7. The summed E-state index contributed by atoms with van der Waals surface area (Å²) in [6, 6.07) is -0.415. The van der Waals surface area contributed by atoms with Gasteiger partial charge in [0.2, 0.25) is 15.9 Å². The quantitative estimate of drug-likeness (QED) is 0.718. The van der Waals surface area contributed by atoms with Crippen molar-refractivity contribution in [1.82, 2.24) is 9.62 Å². The summed E-state index contributed by atoms with van der Waals surface area (Å²) in [5, 5.41) is 2.89. The molecule has 6 nitrogen and oxygen atoms in total. The summed E-state index contributed by atoms with van der Waals surface area (Å²) < 4.78 is 24.1. The van der Waals surface area contributed by atoms with Gasteiger partial charge in [-0.3, -0.25) is 4.79 Å². The summed E-state index contributed by atoms with van der Waals surface area (Å²) in [6.45, 7) is 2.91. The molecule has 1 saturated heterocycles. The van der Waals surface area contributed by atoms with E-state index in [0.29, 0.717) is 32.4 Å². The number of hydrogen-bond donors (Lipinski definition) is 2. The summed E-state index contributed by atoms with van der Waals surface area (Å²) >= 11 is 0. The molecule has 1 fully saturated rings. The molecule has 0 aromatic carbocycles. The van der Waals surface area contributed by atoms with Crippen LogP contribution in [-0.2, 0) is 14.8 Å². The molecule has 0 bridgehead atoms. The summed E-state index contributed by atoms with van der Waals surface area (Å²) in [6.07, 6.45) is 4.06. The molecule has 1 aliphatic heterocycles. The van der Waals surface area contributed by atoms with Gasteiger partial charge in [-0.05, 0) is 19.3 Å². The van der Waals surface area contributed by atoms with Gasteiger partial charge in [-0.15, -0.1) is 0 Å². The Morgan fingerprint density at radius 1 is 1.44 bits per heavy atom. The highest BCUT2D eigenvalue weighted by Crippen LogP contribution is 2.13. The molecule has 1 unspecified atom stereocenters. The molecule has 106 valence electrons. The van der Waals surface area contributed by atoms with E-state index in [1.54, 1.807) is 0 Å². The summed E-state index contributed by atoms with van der Waals surface area (Å²) in [7, 11) is -3.11. The molecule has 1 heterocycles. The fourth-order valence-electron chi connectivity index (χ4n) is 2.08. The standard InChI is InChI=1S/C11H23N3O3S/c1-3-4-10(12)11(15)13-9-5-7-14(8-6-9)18(2,16)17/h9-10H,3-8,12H2,1-2H3,(H,13,15). The minimum Gasteiger partial charge on any atom is -0.352 e. The minimum atomic E-state index is -3.11. The summed E-state index contributed by atoms with van der Waals surface area (Å²) in [5.74, 6) is -0.130. The van der Waals surface area contributed by atoms with Crippen LogP contribution in [0.4, 0.5) is 0 Å². The second kappa shape index (κ2) is 6.49. The Morgan fingerprint density at radius 3 is 2.44 bits per heavy atom. The van der Waals surface area contributed by atoms with Gasteiger partial charge in [0.1, 0.15) is 0 Å². The average molecular weight is 277 g/mol. The lowest BCUT2D eigenvalue weighted by atomic mass is 10.1. The first-order valence-corrected chi connectivity index (χ1v) is 8.20. The van der Waals surface area contributed by atoms with Gasteiger partial charge in [0.15, 0.2) is 0 Å². The van der Waals surface area contributed by atoms with Gasteiger partial charge >= 0.3 is 0 Å². The minimum absolute atomic E-state index is 0.0402. The first-order valence-electron chi connectivity index (χ1n) is 6.35. The predicted molar refractivity (Wildman–Crippen MR) is 70.5 cm³/mol. The average Bonchev–Trinajstić information content (AvgIpc) is 2.28. The van der Waals surface area contributed by atoms with E-state index in [4.69, 9.17) is 5.73 Å². The molecule has 0 spiro atoms. The van der Waals surface area contributed by atoms with Crippen molar-refractivity contribution in [2.75, 3.05) is 19.3 Å². The number of hydrogen-bond acceptors (Lipinski definition) is 4. The van der Waals surface area contributed by atoms with Crippen LogP contribution in [0.5, 0.6) is 0 Å². The van der Waals surface area contributed by atoms with Crippen molar-refractivity contribution in [1.29, 1.82) is 0 Å². The van der Waals surface area contributed by atoms with E-state index in [1.807, 2.05) is 6.92 Å². The number of nitrogens with one attached hydrogen (secondary N) is 1. The molecule has 18 heavy (non-hydrogen) atoms. The third-order valence-corrected chi connectivity index (χ3v) is 4.51. The molecule has 0 saturated carbocycles. The Bertz CT molecular complexity index is 375. The third kappa shape index (κ3) is 4.55. The number of amides is 1. The van der Waals surface area contributed by atoms with Crippen LogP contribution in [0.15, 0.2) is 0 Å². The second-order valence-corrected chi connectivity index (χ2v) is 6.82. The van der Waals surface area contributed by atoms with E-state index >= 15 is 0 Å². The third-order valence-electron chi connectivity index (χ3n) is 3.21. The molecule has 1 atom stereocenters. The maximum Gasteiger partial charge on any atom is 0.237 e. The van der Waals surface area contributed by atoms with Crippen molar-refractivity contribution in [2.24, 2.45) is 5.73 Å². The zero-order valence-corrected chi connectivity index (χ0v) is 11.9. The normalized spacial score (nSPS) is 20.6. The second-order valence-electron chi connectivity index (χ2n) is 4.84. The van der Waals surface area contributed by atoms with E-state index in [2.05, 4.69) is 5.32 Å². The Labute approximate surface area is 109 Å². The van der Waals surface area contributed by atoms with Crippen LogP contribution in [-0.4, -0.2) is 50.1 Å². The number of sulfonamides is 1. The van der Waals surface area contributed by atoms with Crippen LogP contribution < -0.4 is 11.1 Å². The van der Waals surface area contributed by atoms with Crippen molar-refractivity contribution in [3.8, 4) is 0 Å².